The van der Waals surface area contributed by atoms with Crippen LogP contribution in [0.3, 0.4) is 0 Å². The number of rotatable bonds is 13. The maximum atomic E-state index is 4.60. The zero-order chi connectivity index (χ0) is 26.6. The molecule has 3 aromatic rings. The first-order valence-electron chi connectivity index (χ1n) is 13.1. The summed E-state index contributed by atoms with van der Waals surface area (Å²) >= 11 is 9.55. The third kappa shape index (κ3) is 8.35. The number of hydrogen-bond donors (Lipinski definition) is 1. The molecule has 0 aliphatic carbocycles. The Morgan fingerprint density at radius 2 is 1.68 bits per heavy atom. The second kappa shape index (κ2) is 15.6. The number of benzene rings is 1. The predicted octanol–water partition coefficient (Wildman–Crippen LogP) is 11.4. The molecule has 1 aromatic carbocycles. The van der Waals surface area contributed by atoms with Gasteiger partial charge >= 0.3 is 0 Å². The van der Waals surface area contributed by atoms with Crippen molar-refractivity contribution < 1.29 is 0 Å². The Bertz CT molecular complexity index is 1250. The molecule has 0 saturated carbocycles. The number of thiophene rings is 2. The van der Waals surface area contributed by atoms with Gasteiger partial charge in [-0.05, 0) is 97.0 Å². The average Bonchev–Trinajstić information content (AvgIpc) is 3.51. The van der Waals surface area contributed by atoms with Crippen molar-refractivity contribution in [3.05, 3.63) is 79.9 Å². The molecule has 2 heterocycles. The maximum Gasteiger partial charge on any atom is 0.0538 e. The Morgan fingerprint density at radius 3 is 2.30 bits per heavy atom. The molecule has 0 saturated heterocycles. The Kier molecular flexibility index (Phi) is 12.5. The van der Waals surface area contributed by atoms with Crippen LogP contribution >= 0.6 is 47.3 Å². The van der Waals surface area contributed by atoms with E-state index >= 15 is 0 Å². The van der Waals surface area contributed by atoms with E-state index in [1.807, 2.05) is 35.0 Å². The molecule has 0 aliphatic heterocycles. The first-order valence-corrected chi connectivity index (χ1v) is 16.5. The van der Waals surface area contributed by atoms with Gasteiger partial charge in [-0.3, -0.25) is 0 Å². The minimum absolute atomic E-state index is 1.03. The minimum Gasteiger partial charge on any atom is -0.221 e. The molecule has 2 aromatic heterocycles. The maximum absolute atomic E-state index is 4.60. The number of allylic oxidation sites excluding steroid dienone is 2. The number of unbranched alkanes of at least 4 members (excludes halogenated alkanes) is 3. The fourth-order valence-corrected chi connectivity index (χ4v) is 7.53. The van der Waals surface area contributed by atoms with Gasteiger partial charge in [0.15, 0.2) is 0 Å². The van der Waals surface area contributed by atoms with Crippen LogP contribution in [0.2, 0.25) is 0 Å². The predicted molar refractivity (Wildman–Crippen MR) is 179 cm³/mol. The molecule has 0 spiro atoms. The number of nitrogens with zero attached hydrogens (tertiary/aromatic N) is 1. The highest BCUT2D eigenvalue weighted by Crippen LogP contribution is 2.42. The van der Waals surface area contributed by atoms with Crippen molar-refractivity contribution >= 4 is 76.8 Å². The third-order valence-corrected chi connectivity index (χ3v) is 9.50. The van der Waals surface area contributed by atoms with Gasteiger partial charge in [0.25, 0.3) is 0 Å². The second-order valence-electron chi connectivity index (χ2n) is 9.01. The summed E-state index contributed by atoms with van der Waals surface area (Å²) < 4.78 is 4.60. The van der Waals surface area contributed by atoms with E-state index in [4.69, 9.17) is 0 Å². The highest BCUT2D eigenvalue weighted by molar-refractivity contribution is 7.97. The molecule has 196 valence electrons. The van der Waals surface area contributed by atoms with E-state index < -0.39 is 0 Å². The number of hydrogen-bond acceptors (Lipinski definition) is 5. The summed E-state index contributed by atoms with van der Waals surface area (Å²) in [5, 5.41) is 1.78. The molecular formula is C32H39NS4. The van der Waals surface area contributed by atoms with Crippen LogP contribution in [-0.2, 0) is 12.8 Å². The summed E-state index contributed by atoms with van der Waals surface area (Å²) in [4.78, 5) is 5.50. The number of thiol groups is 1. The lowest BCUT2D eigenvalue weighted by Crippen LogP contribution is -1.93. The molecule has 5 heteroatoms. The summed E-state index contributed by atoms with van der Waals surface area (Å²) in [6.07, 6.45) is 18.1. The van der Waals surface area contributed by atoms with E-state index in [1.54, 1.807) is 5.41 Å². The summed E-state index contributed by atoms with van der Waals surface area (Å²) in [5.74, 6) is 0. The summed E-state index contributed by atoms with van der Waals surface area (Å²) in [6, 6.07) is 13.5. The summed E-state index contributed by atoms with van der Waals surface area (Å²) in [6.45, 7) is 8.77. The van der Waals surface area contributed by atoms with Crippen molar-refractivity contribution in [2.75, 3.05) is 6.26 Å². The van der Waals surface area contributed by atoms with E-state index in [2.05, 4.69) is 99.3 Å². The molecule has 0 N–H and O–H groups in total. The van der Waals surface area contributed by atoms with Crippen LogP contribution in [0.1, 0.15) is 85.4 Å². The van der Waals surface area contributed by atoms with E-state index in [9.17, 15) is 0 Å². The van der Waals surface area contributed by atoms with Crippen LogP contribution < -0.4 is 0 Å². The second-order valence-corrected chi connectivity index (χ2v) is 12.0. The first kappa shape index (κ1) is 29.8. The van der Waals surface area contributed by atoms with Gasteiger partial charge in [0, 0.05) is 31.3 Å². The monoisotopic (exact) mass is 565 g/mol. The van der Waals surface area contributed by atoms with Crippen LogP contribution in [0.25, 0.3) is 33.6 Å². The van der Waals surface area contributed by atoms with Crippen molar-refractivity contribution in [3.63, 3.8) is 0 Å². The van der Waals surface area contributed by atoms with Gasteiger partial charge in [0.05, 0.1) is 5.71 Å². The molecule has 3 rings (SSSR count). The van der Waals surface area contributed by atoms with E-state index in [0.29, 0.717) is 0 Å². The standard InChI is InChI=1S/C32H39NS4/c1-6-9-10-11-12-27-22-31(36-29(27)18-17-24-13-15-25(16-14-24)19-20-34)32-26(7-2)21-30(37-32)28(8-3)23(4)33-35-5/h8,13-22,34H,6-7,9-12H2,1-5H3/b18-17+,20-19+,28-8+,33-23+. The minimum atomic E-state index is 1.03. The van der Waals surface area contributed by atoms with Crippen molar-refractivity contribution in [3.8, 4) is 9.75 Å². The molecule has 0 fully saturated rings. The first-order chi connectivity index (χ1) is 18.0. The highest BCUT2D eigenvalue weighted by atomic mass is 32.2. The lowest BCUT2D eigenvalue weighted by Gasteiger charge is -2.02. The fraction of sp³-hybridized carbons (Fsp3) is 0.344. The SMILES string of the molecule is C/C=C(\C(C)=N\SC)c1cc(CC)c(-c2cc(CCCCCC)c(/C=C/c3ccc(/C=C/S)cc3)s2)s1. The molecule has 1 nitrogen and oxygen atoms in total. The van der Waals surface area contributed by atoms with Crippen molar-refractivity contribution in [1.82, 2.24) is 0 Å². The topological polar surface area (TPSA) is 12.4 Å². The zero-order valence-corrected chi connectivity index (χ0v) is 26.1. The molecule has 0 unspecified atom stereocenters. The smallest absolute Gasteiger partial charge is 0.0538 e. The molecule has 0 amide bonds. The molecule has 0 aliphatic rings. The van der Waals surface area contributed by atoms with Gasteiger partial charge in [-0.1, -0.05) is 69.5 Å². The molecule has 0 radical (unpaired) electrons. The van der Waals surface area contributed by atoms with Crippen LogP contribution in [0, 0.1) is 0 Å². The fourth-order valence-electron chi connectivity index (χ4n) is 4.36. The van der Waals surface area contributed by atoms with Crippen LogP contribution in [0.5, 0.6) is 0 Å². The molecular weight excluding hydrogens is 527 g/mol. The van der Waals surface area contributed by atoms with Gasteiger partial charge in [0.1, 0.15) is 0 Å². The van der Waals surface area contributed by atoms with Crippen LogP contribution in [0.4, 0.5) is 0 Å². The van der Waals surface area contributed by atoms with E-state index in [0.717, 1.165) is 18.6 Å². The van der Waals surface area contributed by atoms with Crippen molar-refractivity contribution in [2.24, 2.45) is 4.40 Å². The van der Waals surface area contributed by atoms with Crippen molar-refractivity contribution in [2.45, 2.75) is 66.2 Å². The molecule has 37 heavy (non-hydrogen) atoms. The van der Waals surface area contributed by atoms with Gasteiger partial charge in [-0.2, -0.15) is 12.6 Å². The Labute approximate surface area is 242 Å². The van der Waals surface area contributed by atoms with Crippen molar-refractivity contribution in [1.29, 1.82) is 0 Å². The lowest BCUT2D eigenvalue weighted by atomic mass is 10.0. The summed E-state index contributed by atoms with van der Waals surface area (Å²) in [5.41, 5.74) is 7.63. The zero-order valence-electron chi connectivity index (χ0n) is 22.7. The molecule has 0 atom stereocenters. The quantitative estimate of drug-likeness (QED) is 0.0940. The van der Waals surface area contributed by atoms with Gasteiger partial charge in [-0.25, -0.2) is 4.40 Å². The van der Waals surface area contributed by atoms with Gasteiger partial charge in [0.2, 0.25) is 0 Å². The third-order valence-electron chi connectivity index (χ3n) is 6.36. The summed E-state index contributed by atoms with van der Waals surface area (Å²) in [7, 11) is 0. The number of aryl methyl sites for hydroxylation is 2. The highest BCUT2D eigenvalue weighted by Gasteiger charge is 2.17. The van der Waals surface area contributed by atoms with Crippen LogP contribution in [0.15, 0.2) is 52.3 Å². The average molecular weight is 566 g/mol. The molecule has 0 bridgehead atoms. The van der Waals surface area contributed by atoms with E-state index in [1.165, 1.54) is 85.0 Å². The largest absolute Gasteiger partial charge is 0.221 e. The van der Waals surface area contributed by atoms with Crippen LogP contribution in [-0.4, -0.2) is 12.0 Å². The lowest BCUT2D eigenvalue weighted by molar-refractivity contribution is 0.667. The van der Waals surface area contributed by atoms with E-state index in [-0.39, 0.29) is 0 Å². The van der Waals surface area contributed by atoms with Gasteiger partial charge < -0.3 is 0 Å². The Balaban J connectivity index is 1.97. The Morgan fingerprint density at radius 1 is 0.946 bits per heavy atom. The Hall–Kier alpha value is -1.79. The normalized spacial score (nSPS) is 12.9. The van der Waals surface area contributed by atoms with Gasteiger partial charge in [-0.15, -0.1) is 22.7 Å².